The molecule has 4 nitrogen and oxygen atoms in total. The van der Waals surface area contributed by atoms with Crippen molar-refractivity contribution in [2.75, 3.05) is 0 Å². The van der Waals surface area contributed by atoms with Crippen LogP contribution in [0.25, 0.3) is 0 Å². The summed E-state index contributed by atoms with van der Waals surface area (Å²) in [6.07, 6.45) is 0. The van der Waals surface area contributed by atoms with Gasteiger partial charge in [0.15, 0.2) is 0 Å². The molecule has 0 bridgehead atoms. The summed E-state index contributed by atoms with van der Waals surface area (Å²) in [5.41, 5.74) is 0. The van der Waals surface area contributed by atoms with Gasteiger partial charge in [0.1, 0.15) is 0 Å². The van der Waals surface area contributed by atoms with E-state index >= 15 is 0 Å². The molecule has 0 aromatic rings. The lowest BCUT2D eigenvalue weighted by Gasteiger charge is -1.83. The summed E-state index contributed by atoms with van der Waals surface area (Å²) < 4.78 is 3.89. The predicted octanol–water partition coefficient (Wildman–Crippen LogP) is -0.437. The SMILES string of the molecule is O=C(O)C1(Cl)OC1=O. The minimum atomic E-state index is -2.04. The number of carbonyl (C=O) groups excluding carboxylic acids is 1. The summed E-state index contributed by atoms with van der Waals surface area (Å²) >= 11 is 4.96. The van der Waals surface area contributed by atoms with Crippen LogP contribution in [0.2, 0.25) is 0 Å². The molecular weight excluding hydrogens is 135 g/mol. The van der Waals surface area contributed by atoms with E-state index in [-0.39, 0.29) is 0 Å². The van der Waals surface area contributed by atoms with Crippen LogP contribution >= 0.6 is 11.6 Å². The highest BCUT2D eigenvalue weighted by molar-refractivity contribution is 6.48. The van der Waals surface area contributed by atoms with E-state index in [2.05, 4.69) is 4.74 Å². The first-order valence-electron chi connectivity index (χ1n) is 1.73. The predicted molar refractivity (Wildman–Crippen MR) is 22.3 cm³/mol. The summed E-state index contributed by atoms with van der Waals surface area (Å²) in [5, 5.41) is 5.96. The second-order valence-corrected chi connectivity index (χ2v) is 1.82. The van der Waals surface area contributed by atoms with Crippen molar-refractivity contribution in [2.45, 2.75) is 5.06 Å². The third-order valence-electron chi connectivity index (χ3n) is 0.729. The number of carboxylic acids is 1. The van der Waals surface area contributed by atoms with Gasteiger partial charge in [-0.2, -0.15) is 0 Å². The Morgan fingerprint density at radius 2 is 2.25 bits per heavy atom. The number of epoxide rings is 1. The molecule has 0 amide bonds. The maximum atomic E-state index is 9.91. The fraction of sp³-hybridized carbons (Fsp3) is 0.333. The van der Waals surface area contributed by atoms with E-state index < -0.39 is 17.0 Å². The molecule has 1 atom stereocenters. The first kappa shape index (κ1) is 5.37. The molecule has 1 unspecified atom stereocenters. The zero-order chi connectivity index (χ0) is 6.36. The van der Waals surface area contributed by atoms with Crippen LogP contribution in [0.5, 0.6) is 0 Å². The van der Waals surface area contributed by atoms with Crippen molar-refractivity contribution in [1.82, 2.24) is 0 Å². The Morgan fingerprint density at radius 3 is 2.25 bits per heavy atom. The molecule has 44 valence electrons. The summed E-state index contributed by atoms with van der Waals surface area (Å²) in [6.45, 7) is 0. The Hall–Kier alpha value is -0.770. The summed E-state index contributed by atoms with van der Waals surface area (Å²) in [7, 11) is 0. The molecule has 0 aromatic carbocycles. The fourth-order valence-corrected chi connectivity index (χ4v) is 0.303. The molecule has 0 spiro atoms. The van der Waals surface area contributed by atoms with Gasteiger partial charge in [-0.3, -0.25) is 0 Å². The van der Waals surface area contributed by atoms with Crippen LogP contribution in [0, 0.1) is 0 Å². The summed E-state index contributed by atoms with van der Waals surface area (Å²) in [5.74, 6) is -2.35. The van der Waals surface area contributed by atoms with Crippen molar-refractivity contribution in [3.05, 3.63) is 0 Å². The van der Waals surface area contributed by atoms with Crippen molar-refractivity contribution < 1.29 is 19.4 Å². The molecular formula is C3HClO4. The topological polar surface area (TPSA) is 66.9 Å². The van der Waals surface area contributed by atoms with E-state index in [1.807, 2.05) is 0 Å². The first-order valence-corrected chi connectivity index (χ1v) is 2.11. The van der Waals surface area contributed by atoms with Gasteiger partial charge in [-0.15, -0.1) is 0 Å². The molecule has 1 heterocycles. The average molecular weight is 136 g/mol. The van der Waals surface area contributed by atoms with Crippen molar-refractivity contribution in [1.29, 1.82) is 0 Å². The molecule has 0 saturated carbocycles. The van der Waals surface area contributed by atoms with Crippen LogP contribution in [-0.4, -0.2) is 22.1 Å². The Bertz CT molecular complexity index is 165. The molecule has 1 N–H and O–H groups in total. The molecule has 1 rings (SSSR count). The smallest absolute Gasteiger partial charge is 0.382 e. The van der Waals surface area contributed by atoms with Crippen molar-refractivity contribution >= 4 is 23.5 Å². The van der Waals surface area contributed by atoms with Crippen LogP contribution < -0.4 is 0 Å². The quantitative estimate of drug-likeness (QED) is 0.302. The van der Waals surface area contributed by atoms with Gasteiger partial charge in [0, 0.05) is 0 Å². The van der Waals surface area contributed by atoms with Crippen molar-refractivity contribution in [3.8, 4) is 0 Å². The van der Waals surface area contributed by atoms with Gasteiger partial charge in [-0.05, 0) is 0 Å². The van der Waals surface area contributed by atoms with Gasteiger partial charge in [0.05, 0.1) is 0 Å². The molecule has 1 saturated heterocycles. The van der Waals surface area contributed by atoms with Crippen LogP contribution in [0.3, 0.4) is 0 Å². The van der Waals surface area contributed by atoms with Crippen molar-refractivity contribution in [2.24, 2.45) is 0 Å². The Labute approximate surface area is 49.0 Å². The molecule has 5 heteroatoms. The minimum Gasteiger partial charge on any atom is -0.477 e. The van der Waals surface area contributed by atoms with Crippen LogP contribution in [-0.2, 0) is 14.3 Å². The second kappa shape index (κ2) is 1.14. The maximum absolute atomic E-state index is 9.91. The lowest BCUT2D eigenvalue weighted by molar-refractivity contribution is -0.140. The summed E-state index contributed by atoms with van der Waals surface area (Å²) in [4.78, 5) is 19.7. The lowest BCUT2D eigenvalue weighted by Crippen LogP contribution is -2.17. The second-order valence-electron chi connectivity index (χ2n) is 1.29. The van der Waals surface area contributed by atoms with Crippen LogP contribution in [0.1, 0.15) is 0 Å². The number of hydrogen-bond acceptors (Lipinski definition) is 3. The number of carbonyl (C=O) groups is 2. The first-order chi connectivity index (χ1) is 3.57. The van der Waals surface area contributed by atoms with Crippen molar-refractivity contribution in [3.63, 3.8) is 0 Å². The molecule has 1 aliphatic heterocycles. The van der Waals surface area contributed by atoms with Gasteiger partial charge < -0.3 is 9.84 Å². The van der Waals surface area contributed by atoms with Gasteiger partial charge in [0.2, 0.25) is 0 Å². The number of hydrogen-bond donors (Lipinski definition) is 1. The van der Waals surface area contributed by atoms with E-state index in [9.17, 15) is 9.59 Å². The molecule has 0 aromatic heterocycles. The zero-order valence-electron chi connectivity index (χ0n) is 3.55. The normalized spacial score (nSPS) is 33.9. The van der Waals surface area contributed by atoms with Gasteiger partial charge in [-0.25, -0.2) is 9.59 Å². The zero-order valence-corrected chi connectivity index (χ0v) is 4.31. The van der Waals surface area contributed by atoms with E-state index in [4.69, 9.17) is 16.7 Å². The number of aliphatic carboxylic acids is 1. The monoisotopic (exact) mass is 136 g/mol. The molecule has 1 aliphatic rings. The van der Waals surface area contributed by atoms with Gasteiger partial charge in [0.25, 0.3) is 0 Å². The molecule has 1 fully saturated rings. The standard InChI is InChI=1S/C3HClO4/c4-3(1(5)6)2(7)8-3/h(H,5,6). The Kier molecular flexibility index (Phi) is 0.765. The third-order valence-corrected chi connectivity index (χ3v) is 1.12. The van der Waals surface area contributed by atoms with Gasteiger partial charge in [-0.1, -0.05) is 11.6 Å². The van der Waals surface area contributed by atoms with E-state index in [1.54, 1.807) is 0 Å². The highest BCUT2D eigenvalue weighted by atomic mass is 35.5. The molecule has 0 radical (unpaired) electrons. The Morgan fingerprint density at radius 1 is 1.88 bits per heavy atom. The highest BCUT2D eigenvalue weighted by Crippen LogP contribution is 2.33. The van der Waals surface area contributed by atoms with E-state index in [1.165, 1.54) is 0 Å². The molecule has 8 heavy (non-hydrogen) atoms. The third kappa shape index (κ3) is 0.462. The number of carboxylic acid groups (broad SMARTS) is 1. The lowest BCUT2D eigenvalue weighted by atomic mass is 10.5. The van der Waals surface area contributed by atoms with E-state index in [0.29, 0.717) is 0 Å². The highest BCUT2D eigenvalue weighted by Gasteiger charge is 2.64. The van der Waals surface area contributed by atoms with E-state index in [0.717, 1.165) is 0 Å². The van der Waals surface area contributed by atoms with Crippen LogP contribution in [0.4, 0.5) is 0 Å². The largest absolute Gasteiger partial charge is 0.477 e. The number of rotatable bonds is 1. The Balaban J connectivity index is 2.73. The minimum absolute atomic E-state index is 0.897. The van der Waals surface area contributed by atoms with Gasteiger partial charge >= 0.3 is 17.0 Å². The number of ether oxygens (including phenoxy) is 1. The van der Waals surface area contributed by atoms with Crippen LogP contribution in [0.15, 0.2) is 0 Å². The number of cyclic esters (lactones) is 1. The summed E-state index contributed by atoms with van der Waals surface area (Å²) in [6, 6.07) is 0. The average Bonchev–Trinajstić information content (AvgIpc) is 2.17. The molecule has 0 aliphatic carbocycles. The number of alkyl halides is 1. The maximum Gasteiger partial charge on any atom is 0.382 e. The fourth-order valence-electron chi connectivity index (χ4n) is 0.233. The number of halogens is 1.